The van der Waals surface area contributed by atoms with Gasteiger partial charge in [0, 0.05) is 29.4 Å². The maximum absolute atomic E-state index is 5.89. The van der Waals surface area contributed by atoms with E-state index in [2.05, 4.69) is 46.9 Å². The Labute approximate surface area is 131 Å². The third-order valence-corrected chi connectivity index (χ3v) is 6.28. The molecule has 0 radical (unpaired) electrons. The van der Waals surface area contributed by atoms with Crippen LogP contribution in [0, 0.1) is 0 Å². The molecule has 0 unspecified atom stereocenters. The van der Waals surface area contributed by atoms with Crippen LogP contribution in [0.3, 0.4) is 0 Å². The van der Waals surface area contributed by atoms with E-state index in [-0.39, 0.29) is 0 Å². The molecule has 0 spiro atoms. The van der Waals surface area contributed by atoms with Gasteiger partial charge in [-0.25, -0.2) is 0 Å². The van der Waals surface area contributed by atoms with Crippen molar-refractivity contribution in [2.75, 3.05) is 24.2 Å². The Balaban J connectivity index is 3.00. The molecule has 1 rings (SSSR count). The lowest BCUT2D eigenvalue weighted by Crippen LogP contribution is -2.56. The second-order valence-electron chi connectivity index (χ2n) is 3.99. The summed E-state index contributed by atoms with van der Waals surface area (Å²) in [6.45, 7) is 7.73. The van der Waals surface area contributed by atoms with E-state index in [9.17, 15) is 0 Å². The van der Waals surface area contributed by atoms with Crippen molar-refractivity contribution in [2.45, 2.75) is 27.2 Å². The summed E-state index contributed by atoms with van der Waals surface area (Å²) in [5.74, 6) is 0. The first kappa shape index (κ1) is 17.1. The summed E-state index contributed by atoms with van der Waals surface area (Å²) >= 11 is 2.39. The topological polar surface area (TPSA) is 27.7 Å². The van der Waals surface area contributed by atoms with Crippen molar-refractivity contribution in [3.63, 3.8) is 0 Å². The van der Waals surface area contributed by atoms with Crippen LogP contribution in [0.4, 0.5) is 0 Å². The van der Waals surface area contributed by atoms with Gasteiger partial charge in [0.15, 0.2) is 0 Å². The van der Waals surface area contributed by atoms with Gasteiger partial charge in [0.1, 0.15) is 0 Å². The Bertz CT molecular complexity index is 339. The minimum Gasteiger partial charge on any atom is -0.370 e. The van der Waals surface area contributed by atoms with Gasteiger partial charge < -0.3 is 13.3 Å². The predicted molar refractivity (Wildman–Crippen MR) is 89.3 cm³/mol. The highest BCUT2D eigenvalue weighted by molar-refractivity contribution is 14.1. The van der Waals surface area contributed by atoms with Gasteiger partial charge >= 0.3 is 8.80 Å². The number of rotatable bonds is 9. The van der Waals surface area contributed by atoms with Crippen molar-refractivity contribution < 1.29 is 13.3 Å². The highest BCUT2D eigenvalue weighted by Crippen LogP contribution is 2.12. The Kier molecular flexibility index (Phi) is 8.16. The molecule has 0 amide bonds. The molecule has 0 aliphatic heterocycles. The fourth-order valence-corrected chi connectivity index (χ4v) is 5.02. The Hall–Kier alpha value is 0.0469. The van der Waals surface area contributed by atoms with E-state index in [0.29, 0.717) is 19.8 Å². The number of benzene rings is 1. The highest BCUT2D eigenvalue weighted by atomic mass is 127. The van der Waals surface area contributed by atoms with E-state index in [1.54, 1.807) is 0 Å². The molecule has 3 nitrogen and oxygen atoms in total. The first-order valence-electron chi connectivity index (χ1n) is 6.79. The van der Waals surface area contributed by atoms with Crippen molar-refractivity contribution in [2.24, 2.45) is 0 Å². The zero-order valence-corrected chi connectivity index (χ0v) is 15.1. The zero-order chi connectivity index (χ0) is 14.1. The van der Waals surface area contributed by atoms with E-state index in [1.165, 1.54) is 5.56 Å². The molecule has 0 saturated heterocycles. The second-order valence-corrected chi connectivity index (χ2v) is 7.63. The van der Waals surface area contributed by atoms with Gasteiger partial charge in [0.05, 0.1) is 0 Å². The molecule has 0 bridgehead atoms. The van der Waals surface area contributed by atoms with E-state index in [1.807, 2.05) is 20.8 Å². The Morgan fingerprint density at radius 1 is 0.895 bits per heavy atom. The smallest absolute Gasteiger partial charge is 0.370 e. The number of aryl methyl sites for hydroxylation is 1. The van der Waals surface area contributed by atoms with Crippen molar-refractivity contribution in [3.8, 4) is 0 Å². The van der Waals surface area contributed by atoms with Crippen LogP contribution in [0.1, 0.15) is 26.3 Å². The lowest BCUT2D eigenvalue weighted by atomic mass is 10.2. The number of alkyl halides is 1. The van der Waals surface area contributed by atoms with Crippen LogP contribution in [0.5, 0.6) is 0 Å². The molecule has 0 heterocycles. The first-order valence-corrected chi connectivity index (χ1v) is 10.0. The molecule has 19 heavy (non-hydrogen) atoms. The Morgan fingerprint density at radius 3 is 1.74 bits per heavy atom. The molecular formula is C14H23IO3Si. The van der Waals surface area contributed by atoms with Crippen LogP contribution in [0.25, 0.3) is 0 Å². The van der Waals surface area contributed by atoms with Crippen LogP contribution in [0.2, 0.25) is 0 Å². The molecular weight excluding hydrogens is 371 g/mol. The molecule has 0 N–H and O–H groups in total. The van der Waals surface area contributed by atoms with Gasteiger partial charge in [0.25, 0.3) is 0 Å². The summed E-state index contributed by atoms with van der Waals surface area (Å²) in [4.78, 5) is 0. The van der Waals surface area contributed by atoms with Crippen LogP contribution >= 0.6 is 22.6 Å². The standard InChI is InChI=1S/C14H23IO3Si/c1-4-16-19(17-5-2,18-6-3)14-9-7-13(8-10-14)11-12-15/h7-10H,4-6,11-12H2,1-3H3. The molecule has 0 fully saturated rings. The fraction of sp³-hybridized carbons (Fsp3) is 0.571. The molecule has 0 aromatic heterocycles. The van der Waals surface area contributed by atoms with Crippen molar-refractivity contribution in [1.82, 2.24) is 0 Å². The molecule has 0 aliphatic carbocycles. The number of halogens is 1. The van der Waals surface area contributed by atoms with Gasteiger partial charge in [0.2, 0.25) is 0 Å². The van der Waals surface area contributed by atoms with Gasteiger partial charge in [-0.2, -0.15) is 0 Å². The average Bonchev–Trinajstić information content (AvgIpc) is 2.41. The molecule has 1 aromatic rings. The van der Waals surface area contributed by atoms with Gasteiger partial charge in [-0.1, -0.05) is 46.9 Å². The largest absolute Gasteiger partial charge is 0.537 e. The second kappa shape index (κ2) is 9.07. The summed E-state index contributed by atoms with van der Waals surface area (Å²) in [6, 6.07) is 8.48. The molecule has 0 atom stereocenters. The van der Waals surface area contributed by atoms with Crippen molar-refractivity contribution in [3.05, 3.63) is 29.8 Å². The van der Waals surface area contributed by atoms with Crippen LogP contribution in [-0.4, -0.2) is 33.1 Å². The SMILES string of the molecule is CCO[Si](OCC)(OCC)c1ccc(CCI)cc1. The molecule has 0 aliphatic rings. The molecule has 0 saturated carbocycles. The van der Waals surface area contributed by atoms with Crippen molar-refractivity contribution in [1.29, 1.82) is 0 Å². The maximum Gasteiger partial charge on any atom is 0.537 e. The van der Waals surface area contributed by atoms with E-state index in [0.717, 1.165) is 16.0 Å². The maximum atomic E-state index is 5.89. The summed E-state index contributed by atoms with van der Waals surface area (Å²) in [5, 5.41) is 1.05. The van der Waals surface area contributed by atoms with Crippen molar-refractivity contribution >= 4 is 36.6 Å². The molecule has 5 heteroatoms. The third kappa shape index (κ3) is 4.82. The number of hydrogen-bond acceptors (Lipinski definition) is 3. The van der Waals surface area contributed by atoms with Crippen LogP contribution < -0.4 is 5.19 Å². The Morgan fingerprint density at radius 2 is 1.37 bits per heavy atom. The minimum atomic E-state index is -2.72. The summed E-state index contributed by atoms with van der Waals surface area (Å²) in [7, 11) is -2.72. The van der Waals surface area contributed by atoms with E-state index < -0.39 is 8.80 Å². The lowest BCUT2D eigenvalue weighted by molar-refractivity contribution is 0.0859. The van der Waals surface area contributed by atoms with Gasteiger partial charge in [-0.3, -0.25) is 0 Å². The average molecular weight is 394 g/mol. The van der Waals surface area contributed by atoms with Gasteiger partial charge in [-0.15, -0.1) is 0 Å². The third-order valence-electron chi connectivity index (χ3n) is 2.69. The zero-order valence-electron chi connectivity index (χ0n) is 11.9. The quantitative estimate of drug-likeness (QED) is 0.366. The monoisotopic (exact) mass is 394 g/mol. The summed E-state index contributed by atoms with van der Waals surface area (Å²) in [5.41, 5.74) is 1.34. The summed E-state index contributed by atoms with van der Waals surface area (Å²) in [6.07, 6.45) is 1.09. The fourth-order valence-electron chi connectivity index (χ4n) is 1.93. The number of hydrogen-bond donors (Lipinski definition) is 0. The minimum absolute atomic E-state index is 0.599. The molecule has 108 valence electrons. The first-order chi connectivity index (χ1) is 9.22. The normalized spacial score (nSPS) is 11.8. The van der Waals surface area contributed by atoms with Gasteiger partial charge in [-0.05, 0) is 32.8 Å². The van der Waals surface area contributed by atoms with Crippen LogP contribution in [0.15, 0.2) is 24.3 Å². The van der Waals surface area contributed by atoms with Crippen LogP contribution in [-0.2, 0) is 19.7 Å². The highest BCUT2D eigenvalue weighted by Gasteiger charge is 2.42. The predicted octanol–water partition coefficient (Wildman–Crippen LogP) is 2.92. The molecule has 1 aromatic carbocycles. The van der Waals surface area contributed by atoms with E-state index >= 15 is 0 Å². The van der Waals surface area contributed by atoms with E-state index in [4.69, 9.17) is 13.3 Å². The summed E-state index contributed by atoms with van der Waals surface area (Å²) < 4.78 is 18.8. The lowest BCUT2D eigenvalue weighted by Gasteiger charge is -2.28.